The summed E-state index contributed by atoms with van der Waals surface area (Å²) >= 11 is 5.95. The number of halogens is 1. The summed E-state index contributed by atoms with van der Waals surface area (Å²) in [5.41, 5.74) is 0.852. The topological polar surface area (TPSA) is 29.5 Å². The van der Waals surface area contributed by atoms with Crippen molar-refractivity contribution in [3.8, 4) is 5.75 Å². The Morgan fingerprint density at radius 1 is 1.44 bits per heavy atom. The number of benzene rings is 1. The van der Waals surface area contributed by atoms with E-state index in [1.807, 2.05) is 39.0 Å². The number of aryl methyl sites for hydroxylation is 1. The molecule has 88 valence electrons. The van der Waals surface area contributed by atoms with Gasteiger partial charge in [0.1, 0.15) is 11.9 Å². The minimum atomic E-state index is -0.258. The minimum Gasteiger partial charge on any atom is -0.490 e. The van der Waals surface area contributed by atoms with Crippen LogP contribution in [0.5, 0.6) is 5.75 Å². The predicted octanol–water partition coefficient (Wildman–Crippen LogP) is 3.19. The summed E-state index contributed by atoms with van der Waals surface area (Å²) in [4.78, 5) is 0. The molecule has 1 aromatic rings. The molecule has 0 aliphatic heterocycles. The van der Waals surface area contributed by atoms with Crippen LogP contribution in [0.15, 0.2) is 18.2 Å². The number of ether oxygens (including phenoxy) is 1. The minimum absolute atomic E-state index is 0.0862. The molecule has 2 nitrogen and oxygen atoms in total. The Morgan fingerprint density at radius 2 is 2.12 bits per heavy atom. The van der Waals surface area contributed by atoms with Crippen LogP contribution in [0.2, 0.25) is 5.02 Å². The van der Waals surface area contributed by atoms with E-state index >= 15 is 0 Å². The van der Waals surface area contributed by atoms with Gasteiger partial charge in [0.25, 0.3) is 0 Å². The van der Waals surface area contributed by atoms with E-state index in [4.69, 9.17) is 16.3 Å². The van der Waals surface area contributed by atoms with Crippen molar-refractivity contribution in [1.82, 2.24) is 0 Å². The lowest BCUT2D eigenvalue weighted by atomic mass is 9.66. The third-order valence-electron chi connectivity index (χ3n) is 3.53. The number of rotatable bonds is 2. The average molecular weight is 241 g/mol. The summed E-state index contributed by atoms with van der Waals surface area (Å²) in [7, 11) is 0. The maximum atomic E-state index is 9.62. The first-order valence-electron chi connectivity index (χ1n) is 5.52. The van der Waals surface area contributed by atoms with Crippen LogP contribution in [0.4, 0.5) is 0 Å². The Bertz CT molecular complexity index is 401. The molecule has 16 heavy (non-hydrogen) atoms. The zero-order valence-corrected chi connectivity index (χ0v) is 10.6. The Balaban J connectivity index is 2.08. The van der Waals surface area contributed by atoms with Gasteiger partial charge in [-0.05, 0) is 30.7 Å². The molecule has 0 radical (unpaired) electrons. The van der Waals surface area contributed by atoms with E-state index in [2.05, 4.69) is 0 Å². The van der Waals surface area contributed by atoms with E-state index in [0.717, 1.165) is 16.3 Å². The molecule has 0 spiro atoms. The highest BCUT2D eigenvalue weighted by atomic mass is 35.5. The lowest BCUT2D eigenvalue weighted by Gasteiger charge is -2.48. The number of hydrogen-bond acceptors (Lipinski definition) is 2. The Morgan fingerprint density at radius 3 is 2.62 bits per heavy atom. The van der Waals surface area contributed by atoms with Gasteiger partial charge in [-0.2, -0.15) is 0 Å². The van der Waals surface area contributed by atoms with Crippen LogP contribution >= 0.6 is 11.6 Å². The van der Waals surface area contributed by atoms with Crippen LogP contribution in [0.3, 0.4) is 0 Å². The zero-order valence-electron chi connectivity index (χ0n) is 9.83. The van der Waals surface area contributed by atoms with Crippen LogP contribution in [0, 0.1) is 12.3 Å². The van der Waals surface area contributed by atoms with Crippen molar-refractivity contribution in [2.24, 2.45) is 5.41 Å². The fourth-order valence-corrected chi connectivity index (χ4v) is 2.04. The zero-order chi connectivity index (χ0) is 11.9. The third-order valence-corrected chi connectivity index (χ3v) is 3.96. The van der Waals surface area contributed by atoms with Gasteiger partial charge in [-0.15, -0.1) is 0 Å². The monoisotopic (exact) mass is 240 g/mol. The van der Waals surface area contributed by atoms with Gasteiger partial charge in [0.2, 0.25) is 0 Å². The van der Waals surface area contributed by atoms with E-state index in [1.54, 1.807) is 0 Å². The lowest BCUT2D eigenvalue weighted by Crippen LogP contribution is -2.56. The van der Waals surface area contributed by atoms with Crippen molar-refractivity contribution >= 4 is 11.6 Å². The van der Waals surface area contributed by atoms with Crippen LogP contribution in [0.1, 0.15) is 25.8 Å². The molecule has 0 heterocycles. The van der Waals surface area contributed by atoms with E-state index in [-0.39, 0.29) is 17.6 Å². The van der Waals surface area contributed by atoms with E-state index in [0.29, 0.717) is 6.42 Å². The van der Waals surface area contributed by atoms with Crippen molar-refractivity contribution in [3.05, 3.63) is 28.8 Å². The number of aliphatic hydroxyl groups is 1. The molecule has 0 aromatic heterocycles. The van der Waals surface area contributed by atoms with Gasteiger partial charge in [0.05, 0.1) is 6.10 Å². The molecule has 0 bridgehead atoms. The Labute approximate surface area is 101 Å². The fraction of sp³-hybridized carbons (Fsp3) is 0.538. The number of hydrogen-bond donors (Lipinski definition) is 1. The highest BCUT2D eigenvalue weighted by molar-refractivity contribution is 6.31. The molecule has 2 rings (SSSR count). The maximum absolute atomic E-state index is 9.62. The standard InChI is InChI=1S/C13H17ClO2/c1-8-6-9(4-5-10(8)14)16-12-7-11(15)13(12,2)3/h4-6,11-12,15H,7H2,1-3H3. The van der Waals surface area contributed by atoms with Gasteiger partial charge < -0.3 is 9.84 Å². The van der Waals surface area contributed by atoms with Gasteiger partial charge in [0, 0.05) is 16.9 Å². The van der Waals surface area contributed by atoms with Crippen LogP contribution < -0.4 is 4.74 Å². The van der Waals surface area contributed by atoms with Crippen LogP contribution in [-0.4, -0.2) is 17.3 Å². The predicted molar refractivity (Wildman–Crippen MR) is 65.0 cm³/mol. The third kappa shape index (κ3) is 1.92. The average Bonchev–Trinajstić information content (AvgIpc) is 2.23. The molecule has 1 aliphatic carbocycles. The van der Waals surface area contributed by atoms with Gasteiger partial charge >= 0.3 is 0 Å². The van der Waals surface area contributed by atoms with Gasteiger partial charge in [-0.25, -0.2) is 0 Å². The van der Waals surface area contributed by atoms with Crippen LogP contribution in [-0.2, 0) is 0 Å². The summed E-state index contributed by atoms with van der Waals surface area (Å²) in [6, 6.07) is 5.65. The smallest absolute Gasteiger partial charge is 0.120 e. The molecule has 1 saturated carbocycles. The maximum Gasteiger partial charge on any atom is 0.120 e. The van der Waals surface area contributed by atoms with E-state index < -0.39 is 0 Å². The summed E-state index contributed by atoms with van der Waals surface area (Å²) in [5, 5.41) is 10.4. The Hall–Kier alpha value is -0.730. The second-order valence-corrected chi connectivity index (χ2v) is 5.50. The quantitative estimate of drug-likeness (QED) is 0.860. The largest absolute Gasteiger partial charge is 0.490 e. The SMILES string of the molecule is Cc1cc(OC2CC(O)C2(C)C)ccc1Cl. The molecule has 0 amide bonds. The van der Waals surface area contributed by atoms with Crippen molar-refractivity contribution < 1.29 is 9.84 Å². The molecule has 2 atom stereocenters. The van der Waals surface area contributed by atoms with Gasteiger partial charge in [-0.1, -0.05) is 25.4 Å². The highest BCUT2D eigenvalue weighted by Gasteiger charge is 2.49. The molecule has 1 N–H and O–H groups in total. The molecule has 2 unspecified atom stereocenters. The summed E-state index contributed by atoms with van der Waals surface area (Å²) in [6.07, 6.45) is 0.531. The van der Waals surface area contributed by atoms with Crippen molar-refractivity contribution in [2.75, 3.05) is 0 Å². The van der Waals surface area contributed by atoms with Crippen LogP contribution in [0.25, 0.3) is 0 Å². The normalized spacial score (nSPS) is 27.3. The summed E-state index contributed by atoms with van der Waals surface area (Å²) in [5.74, 6) is 0.826. The summed E-state index contributed by atoms with van der Waals surface area (Å²) in [6.45, 7) is 6.00. The Kier molecular flexibility index (Phi) is 2.89. The van der Waals surface area contributed by atoms with Crippen molar-refractivity contribution in [3.63, 3.8) is 0 Å². The first-order valence-corrected chi connectivity index (χ1v) is 5.90. The van der Waals surface area contributed by atoms with E-state index in [1.165, 1.54) is 0 Å². The van der Waals surface area contributed by atoms with Gasteiger partial charge in [0.15, 0.2) is 0 Å². The second-order valence-electron chi connectivity index (χ2n) is 5.09. The highest BCUT2D eigenvalue weighted by Crippen LogP contribution is 2.43. The van der Waals surface area contributed by atoms with Crippen molar-refractivity contribution in [1.29, 1.82) is 0 Å². The first kappa shape index (κ1) is 11.7. The molecular formula is C13H17ClO2. The second kappa shape index (κ2) is 3.94. The molecule has 1 fully saturated rings. The van der Waals surface area contributed by atoms with Crippen molar-refractivity contribution in [2.45, 2.75) is 39.4 Å². The molecular weight excluding hydrogens is 224 g/mol. The molecule has 0 saturated heterocycles. The molecule has 1 aromatic carbocycles. The van der Waals surface area contributed by atoms with Gasteiger partial charge in [-0.3, -0.25) is 0 Å². The lowest BCUT2D eigenvalue weighted by molar-refractivity contribution is -0.134. The molecule has 3 heteroatoms. The number of aliphatic hydroxyl groups excluding tert-OH is 1. The van der Waals surface area contributed by atoms with E-state index in [9.17, 15) is 5.11 Å². The fourth-order valence-electron chi connectivity index (χ4n) is 1.92. The molecule has 1 aliphatic rings. The summed E-state index contributed by atoms with van der Waals surface area (Å²) < 4.78 is 5.85. The first-order chi connectivity index (χ1) is 7.41.